The highest BCUT2D eigenvalue weighted by molar-refractivity contribution is 5.85. The van der Waals surface area contributed by atoms with Crippen molar-refractivity contribution < 1.29 is 4.42 Å². The summed E-state index contributed by atoms with van der Waals surface area (Å²) in [4.78, 5) is 0. The summed E-state index contributed by atoms with van der Waals surface area (Å²) >= 11 is 0. The van der Waals surface area contributed by atoms with E-state index in [9.17, 15) is 0 Å². The molecule has 2 nitrogen and oxygen atoms in total. The molecule has 0 aliphatic heterocycles. The van der Waals surface area contributed by atoms with Crippen molar-refractivity contribution in [3.63, 3.8) is 0 Å². The van der Waals surface area contributed by atoms with Crippen LogP contribution in [0.5, 0.6) is 0 Å². The molecule has 68 valence electrons. The Balaban J connectivity index is 0.00000121. The third kappa shape index (κ3) is 3.11. The molecule has 12 heavy (non-hydrogen) atoms. The van der Waals surface area contributed by atoms with Gasteiger partial charge in [0.2, 0.25) is 0 Å². The lowest BCUT2D eigenvalue weighted by atomic mass is 10.0. The maximum absolute atomic E-state index is 5.82. The lowest BCUT2D eigenvalue weighted by Gasteiger charge is -2.07. The van der Waals surface area contributed by atoms with Crippen molar-refractivity contribution >= 4 is 12.4 Å². The fourth-order valence-corrected chi connectivity index (χ4v) is 0.979. The van der Waals surface area contributed by atoms with Gasteiger partial charge in [0.15, 0.2) is 0 Å². The first-order chi connectivity index (χ1) is 5.20. The Bertz CT molecular complexity index is 231. The van der Waals surface area contributed by atoms with Crippen molar-refractivity contribution in [1.29, 1.82) is 0 Å². The van der Waals surface area contributed by atoms with Gasteiger partial charge in [0.25, 0.3) is 0 Å². The first kappa shape index (κ1) is 11.3. The molecule has 0 radical (unpaired) electrons. The summed E-state index contributed by atoms with van der Waals surface area (Å²) in [7, 11) is 0. The number of hydrogen-bond donors (Lipinski definition) is 1. The molecule has 0 spiro atoms. The molecule has 0 aliphatic rings. The molecule has 1 aromatic heterocycles. The van der Waals surface area contributed by atoms with Crippen LogP contribution in [0.2, 0.25) is 0 Å². The van der Waals surface area contributed by atoms with E-state index in [0.29, 0.717) is 0 Å². The minimum atomic E-state index is 0. The minimum Gasteiger partial charge on any atom is -0.472 e. The SMILES string of the molecule is C=C(C)C[C@H](N)c1ccoc1.Cl. The number of hydrogen-bond acceptors (Lipinski definition) is 2. The minimum absolute atomic E-state index is 0. The Morgan fingerprint density at radius 1 is 1.75 bits per heavy atom. The van der Waals surface area contributed by atoms with Gasteiger partial charge in [-0.2, -0.15) is 0 Å². The van der Waals surface area contributed by atoms with Crippen LogP contribution in [-0.2, 0) is 0 Å². The average molecular weight is 188 g/mol. The Kier molecular flexibility index (Phi) is 4.71. The summed E-state index contributed by atoms with van der Waals surface area (Å²) in [5, 5.41) is 0. The molecule has 1 heterocycles. The third-order valence-corrected chi connectivity index (χ3v) is 1.54. The average Bonchev–Trinajstić information content (AvgIpc) is 2.35. The van der Waals surface area contributed by atoms with Gasteiger partial charge in [0.05, 0.1) is 12.5 Å². The Morgan fingerprint density at radius 2 is 2.42 bits per heavy atom. The number of furan rings is 1. The van der Waals surface area contributed by atoms with Crippen LogP contribution in [0.1, 0.15) is 24.9 Å². The highest BCUT2D eigenvalue weighted by Gasteiger charge is 2.05. The zero-order valence-corrected chi connectivity index (χ0v) is 7.93. The molecule has 0 saturated carbocycles. The van der Waals surface area contributed by atoms with Crippen LogP contribution in [0.4, 0.5) is 0 Å². The van der Waals surface area contributed by atoms with E-state index >= 15 is 0 Å². The predicted molar refractivity (Wildman–Crippen MR) is 52.3 cm³/mol. The second-order valence-electron chi connectivity index (χ2n) is 2.82. The molecule has 1 aromatic rings. The van der Waals surface area contributed by atoms with E-state index in [4.69, 9.17) is 10.2 Å². The molecular weight excluding hydrogens is 174 g/mol. The van der Waals surface area contributed by atoms with Crippen molar-refractivity contribution in [2.75, 3.05) is 0 Å². The van der Waals surface area contributed by atoms with E-state index in [0.717, 1.165) is 17.6 Å². The molecule has 3 heteroatoms. The van der Waals surface area contributed by atoms with Gasteiger partial charge in [0, 0.05) is 11.6 Å². The fraction of sp³-hybridized carbons (Fsp3) is 0.333. The first-order valence-electron chi connectivity index (χ1n) is 3.62. The van der Waals surface area contributed by atoms with Crippen molar-refractivity contribution in [2.45, 2.75) is 19.4 Å². The van der Waals surface area contributed by atoms with Gasteiger partial charge in [-0.05, 0) is 19.4 Å². The number of nitrogens with two attached hydrogens (primary N) is 1. The topological polar surface area (TPSA) is 39.2 Å². The fourth-order valence-electron chi connectivity index (χ4n) is 0.979. The van der Waals surface area contributed by atoms with Crippen LogP contribution in [0.15, 0.2) is 35.2 Å². The number of halogens is 1. The van der Waals surface area contributed by atoms with Crippen LogP contribution in [0, 0.1) is 0 Å². The molecule has 2 N–H and O–H groups in total. The van der Waals surface area contributed by atoms with Crippen molar-refractivity contribution in [3.8, 4) is 0 Å². The van der Waals surface area contributed by atoms with Crippen LogP contribution in [-0.4, -0.2) is 0 Å². The van der Waals surface area contributed by atoms with Crippen LogP contribution in [0.3, 0.4) is 0 Å². The van der Waals surface area contributed by atoms with E-state index in [-0.39, 0.29) is 18.4 Å². The van der Waals surface area contributed by atoms with Crippen LogP contribution >= 0.6 is 12.4 Å². The van der Waals surface area contributed by atoms with Crippen molar-refractivity contribution in [1.82, 2.24) is 0 Å². The Morgan fingerprint density at radius 3 is 2.83 bits per heavy atom. The van der Waals surface area contributed by atoms with Gasteiger partial charge < -0.3 is 10.2 Å². The zero-order chi connectivity index (χ0) is 8.27. The highest BCUT2D eigenvalue weighted by Crippen LogP contribution is 2.17. The normalized spacial score (nSPS) is 11.8. The molecule has 1 rings (SSSR count). The van der Waals surface area contributed by atoms with Gasteiger partial charge in [0.1, 0.15) is 0 Å². The van der Waals surface area contributed by atoms with Gasteiger partial charge in [-0.25, -0.2) is 0 Å². The van der Waals surface area contributed by atoms with E-state index in [1.807, 2.05) is 13.0 Å². The maximum Gasteiger partial charge on any atom is 0.0950 e. The molecule has 0 amide bonds. The summed E-state index contributed by atoms with van der Waals surface area (Å²) in [6.45, 7) is 5.77. The first-order valence-corrected chi connectivity index (χ1v) is 3.62. The van der Waals surface area contributed by atoms with Crippen LogP contribution in [0.25, 0.3) is 0 Å². The standard InChI is InChI=1S/C9H13NO.ClH/c1-7(2)5-9(10)8-3-4-11-6-8;/h3-4,6,9H,1,5,10H2,2H3;1H/t9-;/m0./s1. The van der Waals surface area contributed by atoms with Gasteiger partial charge in [-0.15, -0.1) is 19.0 Å². The summed E-state index contributed by atoms with van der Waals surface area (Å²) in [5.41, 5.74) is 7.95. The molecule has 0 bridgehead atoms. The van der Waals surface area contributed by atoms with Gasteiger partial charge in [-0.3, -0.25) is 0 Å². The smallest absolute Gasteiger partial charge is 0.0950 e. The molecule has 0 saturated heterocycles. The lowest BCUT2D eigenvalue weighted by Crippen LogP contribution is -2.08. The second kappa shape index (κ2) is 5.01. The molecule has 1 atom stereocenters. The van der Waals surface area contributed by atoms with Gasteiger partial charge >= 0.3 is 0 Å². The van der Waals surface area contributed by atoms with Gasteiger partial charge in [-0.1, -0.05) is 5.57 Å². The second-order valence-corrected chi connectivity index (χ2v) is 2.82. The Hall–Kier alpha value is -0.730. The summed E-state index contributed by atoms with van der Waals surface area (Å²) in [6.07, 6.45) is 4.13. The van der Waals surface area contributed by atoms with E-state index in [2.05, 4.69) is 6.58 Å². The van der Waals surface area contributed by atoms with Crippen molar-refractivity contribution in [3.05, 3.63) is 36.3 Å². The van der Waals surface area contributed by atoms with Crippen LogP contribution < -0.4 is 5.73 Å². The summed E-state index contributed by atoms with van der Waals surface area (Å²) < 4.78 is 4.91. The molecule has 0 aromatic carbocycles. The van der Waals surface area contributed by atoms with E-state index in [1.54, 1.807) is 12.5 Å². The monoisotopic (exact) mass is 187 g/mol. The van der Waals surface area contributed by atoms with E-state index < -0.39 is 0 Å². The molecular formula is C9H14ClNO. The van der Waals surface area contributed by atoms with Crippen molar-refractivity contribution in [2.24, 2.45) is 5.73 Å². The quantitative estimate of drug-likeness (QED) is 0.739. The Labute approximate surface area is 78.9 Å². The number of rotatable bonds is 3. The molecule has 0 fully saturated rings. The molecule has 0 unspecified atom stereocenters. The third-order valence-electron chi connectivity index (χ3n) is 1.54. The maximum atomic E-state index is 5.82. The predicted octanol–water partition coefficient (Wildman–Crippen LogP) is 2.67. The van der Waals surface area contributed by atoms with E-state index in [1.165, 1.54) is 0 Å². The summed E-state index contributed by atoms with van der Waals surface area (Å²) in [6, 6.07) is 1.92. The molecule has 0 aliphatic carbocycles. The lowest BCUT2D eigenvalue weighted by molar-refractivity contribution is 0.558. The zero-order valence-electron chi connectivity index (χ0n) is 7.12. The highest BCUT2D eigenvalue weighted by atomic mass is 35.5. The summed E-state index contributed by atoms with van der Waals surface area (Å²) in [5.74, 6) is 0. The largest absolute Gasteiger partial charge is 0.472 e.